The summed E-state index contributed by atoms with van der Waals surface area (Å²) >= 11 is 0. The van der Waals surface area contributed by atoms with Gasteiger partial charge in [0, 0.05) is 31.9 Å². The third kappa shape index (κ3) is 4.62. The van der Waals surface area contributed by atoms with E-state index in [-0.39, 0.29) is 43.1 Å². The molecule has 0 aliphatic carbocycles. The van der Waals surface area contributed by atoms with Gasteiger partial charge in [-0.3, -0.25) is 19.7 Å². The highest BCUT2D eigenvalue weighted by Gasteiger charge is 2.46. The van der Waals surface area contributed by atoms with Crippen molar-refractivity contribution in [2.75, 3.05) is 25.5 Å². The fourth-order valence-corrected chi connectivity index (χ4v) is 3.82. The second-order valence-corrected chi connectivity index (χ2v) is 7.53. The molecule has 1 fully saturated rings. The lowest BCUT2D eigenvalue weighted by Crippen LogP contribution is -2.54. The summed E-state index contributed by atoms with van der Waals surface area (Å²) in [5, 5.41) is 25.3. The summed E-state index contributed by atoms with van der Waals surface area (Å²) < 4.78 is 34.8. The SMILES string of the molecule is COC(=O)Nc1nn(C2(CC#N)CCN(Cc3cc(O)cc(F)c3)CC2F)cc1C(N)=O. The zero-order valence-electron chi connectivity index (χ0n) is 17.2. The lowest BCUT2D eigenvalue weighted by Gasteiger charge is -2.43. The van der Waals surface area contributed by atoms with Crippen molar-refractivity contribution in [1.29, 1.82) is 5.26 Å². The van der Waals surface area contributed by atoms with E-state index in [9.17, 15) is 24.3 Å². The van der Waals surface area contributed by atoms with Crippen LogP contribution in [0.15, 0.2) is 24.4 Å². The molecule has 32 heavy (non-hydrogen) atoms. The molecular formula is C20H22F2N6O4. The van der Waals surface area contributed by atoms with Crippen LogP contribution in [0.2, 0.25) is 0 Å². The summed E-state index contributed by atoms with van der Waals surface area (Å²) in [5.74, 6) is -1.93. The molecule has 12 heteroatoms. The first kappa shape index (κ1) is 23.0. The molecule has 0 spiro atoms. The first-order valence-corrected chi connectivity index (χ1v) is 9.65. The smallest absolute Gasteiger partial charge is 0.412 e. The molecule has 170 valence electrons. The van der Waals surface area contributed by atoms with Gasteiger partial charge in [-0.05, 0) is 24.1 Å². The molecule has 2 atom stereocenters. The van der Waals surface area contributed by atoms with E-state index < -0.39 is 29.5 Å². The van der Waals surface area contributed by atoms with E-state index in [0.29, 0.717) is 12.1 Å². The minimum atomic E-state index is -1.59. The van der Waals surface area contributed by atoms with Gasteiger partial charge in [-0.1, -0.05) is 0 Å². The Morgan fingerprint density at radius 1 is 1.47 bits per heavy atom. The Hall–Kier alpha value is -3.72. The average Bonchev–Trinajstić information content (AvgIpc) is 3.14. The van der Waals surface area contributed by atoms with Crippen LogP contribution in [-0.4, -0.2) is 58.2 Å². The number of ether oxygens (including phenoxy) is 1. The van der Waals surface area contributed by atoms with Crippen LogP contribution >= 0.6 is 0 Å². The Kier molecular flexibility index (Phi) is 6.59. The number of aromatic hydroxyl groups is 1. The minimum Gasteiger partial charge on any atom is -0.508 e. The van der Waals surface area contributed by atoms with Crippen LogP contribution < -0.4 is 11.1 Å². The van der Waals surface area contributed by atoms with Crippen LogP contribution in [-0.2, 0) is 16.8 Å². The molecule has 0 saturated carbocycles. The van der Waals surface area contributed by atoms with E-state index in [1.165, 1.54) is 18.3 Å². The van der Waals surface area contributed by atoms with Crippen molar-refractivity contribution in [3.05, 3.63) is 41.3 Å². The molecule has 1 aromatic heterocycles. The number of hydrogen-bond donors (Lipinski definition) is 3. The third-order valence-electron chi connectivity index (χ3n) is 5.44. The minimum absolute atomic E-state index is 0.107. The monoisotopic (exact) mass is 448 g/mol. The first-order valence-electron chi connectivity index (χ1n) is 9.65. The van der Waals surface area contributed by atoms with Gasteiger partial charge in [0.25, 0.3) is 5.91 Å². The van der Waals surface area contributed by atoms with E-state index in [1.54, 1.807) is 4.90 Å². The number of nitrogens with two attached hydrogens (primary N) is 1. The lowest BCUT2D eigenvalue weighted by molar-refractivity contribution is 0.00690. The number of hydrogen-bond acceptors (Lipinski definition) is 7. The molecule has 1 aromatic carbocycles. The standard InChI is InChI=1S/C20H22F2N6O4/c1-32-19(31)25-18-15(17(24)30)10-28(26-18)20(2-4-23)3-5-27(11-16(20)22)9-12-6-13(21)8-14(29)7-12/h6-8,10,16,29H,2-3,5,9,11H2,1H3,(H2,24,30)(H,25,26,31). The maximum absolute atomic E-state index is 15.6. The Labute approximate surface area is 182 Å². The highest BCUT2D eigenvalue weighted by atomic mass is 19.1. The fraction of sp³-hybridized carbons (Fsp3) is 0.400. The summed E-state index contributed by atoms with van der Waals surface area (Å²) in [4.78, 5) is 25.1. The molecule has 0 radical (unpaired) electrons. The molecule has 1 saturated heterocycles. The number of piperidine rings is 1. The number of phenols is 1. The topological polar surface area (TPSA) is 146 Å². The maximum atomic E-state index is 15.6. The number of benzene rings is 1. The highest BCUT2D eigenvalue weighted by Crippen LogP contribution is 2.37. The van der Waals surface area contributed by atoms with Crippen molar-refractivity contribution in [2.45, 2.75) is 31.1 Å². The van der Waals surface area contributed by atoms with E-state index >= 15 is 4.39 Å². The number of methoxy groups -OCH3 is 1. The molecule has 2 amide bonds. The van der Waals surface area contributed by atoms with Gasteiger partial charge in [-0.15, -0.1) is 0 Å². The molecule has 1 aliphatic rings. The molecule has 4 N–H and O–H groups in total. The molecule has 2 aromatic rings. The average molecular weight is 448 g/mol. The number of likely N-dealkylation sites (tertiary alicyclic amines) is 1. The highest BCUT2D eigenvalue weighted by molar-refractivity contribution is 6.00. The van der Waals surface area contributed by atoms with Crippen molar-refractivity contribution in [2.24, 2.45) is 5.73 Å². The molecule has 0 bridgehead atoms. The second-order valence-electron chi connectivity index (χ2n) is 7.53. The van der Waals surface area contributed by atoms with Crippen LogP contribution in [0.5, 0.6) is 5.75 Å². The van der Waals surface area contributed by atoms with Gasteiger partial charge in [-0.2, -0.15) is 10.4 Å². The maximum Gasteiger partial charge on any atom is 0.412 e. The predicted octanol–water partition coefficient (Wildman–Crippen LogP) is 1.86. The van der Waals surface area contributed by atoms with E-state index in [0.717, 1.165) is 17.9 Å². The summed E-state index contributed by atoms with van der Waals surface area (Å²) in [6, 6.07) is 5.59. The van der Waals surface area contributed by atoms with Gasteiger partial charge in [0.2, 0.25) is 0 Å². The Morgan fingerprint density at radius 2 is 2.22 bits per heavy atom. The van der Waals surface area contributed by atoms with Crippen LogP contribution in [0.1, 0.15) is 28.8 Å². The summed E-state index contributed by atoms with van der Waals surface area (Å²) in [6.45, 7) is 0.407. The molecular weight excluding hydrogens is 426 g/mol. The van der Waals surface area contributed by atoms with E-state index in [1.807, 2.05) is 6.07 Å². The molecule has 2 unspecified atom stereocenters. The number of halogens is 2. The first-order chi connectivity index (χ1) is 15.2. The summed E-state index contributed by atoms with van der Waals surface area (Å²) in [6.07, 6.45) is -1.39. The summed E-state index contributed by atoms with van der Waals surface area (Å²) in [5.41, 5.74) is 4.27. The van der Waals surface area contributed by atoms with Crippen molar-refractivity contribution in [3.63, 3.8) is 0 Å². The van der Waals surface area contributed by atoms with Crippen molar-refractivity contribution in [3.8, 4) is 11.8 Å². The number of primary amides is 1. The van der Waals surface area contributed by atoms with Gasteiger partial charge >= 0.3 is 6.09 Å². The predicted molar refractivity (Wildman–Crippen MR) is 108 cm³/mol. The van der Waals surface area contributed by atoms with E-state index in [4.69, 9.17) is 5.73 Å². The number of nitrogens with one attached hydrogen (secondary N) is 1. The number of rotatable bonds is 6. The van der Waals surface area contributed by atoms with Gasteiger partial charge in [-0.25, -0.2) is 13.6 Å². The number of phenolic OH excluding ortho intramolecular Hbond substituents is 1. The Balaban J connectivity index is 1.87. The third-order valence-corrected chi connectivity index (χ3v) is 5.44. The summed E-state index contributed by atoms with van der Waals surface area (Å²) in [7, 11) is 1.12. The van der Waals surface area contributed by atoms with Crippen molar-refractivity contribution >= 4 is 17.8 Å². The molecule has 10 nitrogen and oxygen atoms in total. The van der Waals surface area contributed by atoms with Crippen LogP contribution in [0.25, 0.3) is 0 Å². The van der Waals surface area contributed by atoms with Gasteiger partial charge in [0.1, 0.15) is 28.8 Å². The quantitative estimate of drug-likeness (QED) is 0.611. The zero-order valence-corrected chi connectivity index (χ0v) is 17.2. The fourth-order valence-electron chi connectivity index (χ4n) is 3.82. The number of aromatic nitrogens is 2. The van der Waals surface area contributed by atoms with Gasteiger partial charge in [0.05, 0.1) is 19.6 Å². The number of alkyl halides is 1. The zero-order chi connectivity index (χ0) is 23.5. The number of nitriles is 1. The number of amides is 2. The molecule has 3 rings (SSSR count). The van der Waals surface area contributed by atoms with Gasteiger partial charge in [0.15, 0.2) is 5.82 Å². The molecule has 1 aliphatic heterocycles. The van der Waals surface area contributed by atoms with E-state index in [2.05, 4.69) is 15.2 Å². The van der Waals surface area contributed by atoms with Crippen molar-refractivity contribution < 1.29 is 28.2 Å². The van der Waals surface area contributed by atoms with Crippen LogP contribution in [0, 0.1) is 17.1 Å². The number of anilines is 1. The lowest BCUT2D eigenvalue weighted by atomic mass is 9.83. The van der Waals surface area contributed by atoms with Crippen LogP contribution in [0.3, 0.4) is 0 Å². The van der Waals surface area contributed by atoms with Gasteiger partial charge < -0.3 is 15.6 Å². The number of carbonyl (C=O) groups is 2. The Bertz CT molecular complexity index is 1050. The van der Waals surface area contributed by atoms with Crippen molar-refractivity contribution in [1.82, 2.24) is 14.7 Å². The largest absolute Gasteiger partial charge is 0.508 e. The van der Waals surface area contributed by atoms with Crippen LogP contribution in [0.4, 0.5) is 19.4 Å². The molecule has 2 heterocycles. The Morgan fingerprint density at radius 3 is 2.81 bits per heavy atom. The number of carbonyl (C=O) groups excluding carboxylic acids is 2. The second kappa shape index (κ2) is 9.19. The normalized spacial score (nSPS) is 21.0. The number of nitrogens with zero attached hydrogens (tertiary/aromatic N) is 4.